The van der Waals surface area contributed by atoms with Gasteiger partial charge in [0.05, 0.1) is 11.4 Å². The Labute approximate surface area is 125 Å². The molecule has 0 atom stereocenters. The lowest BCUT2D eigenvalue weighted by atomic mass is 10.00. The smallest absolute Gasteiger partial charge is 0.241 e. The molecular formula is C14H21N3O3S. The molecule has 6 nitrogen and oxygen atoms in total. The van der Waals surface area contributed by atoms with Crippen molar-refractivity contribution in [3.05, 3.63) is 23.3 Å². The van der Waals surface area contributed by atoms with Crippen LogP contribution < -0.4 is 10.0 Å². The van der Waals surface area contributed by atoms with Crippen LogP contribution in [-0.4, -0.2) is 46.4 Å². The number of carbonyl (C=O) groups excluding carboxylic acids is 1. The lowest BCUT2D eigenvalue weighted by Crippen LogP contribution is -2.36. The summed E-state index contributed by atoms with van der Waals surface area (Å²) in [6, 6.07) is 3.41. The van der Waals surface area contributed by atoms with Crippen molar-refractivity contribution in [2.45, 2.75) is 24.7 Å². The molecule has 0 spiro atoms. The predicted molar refractivity (Wildman–Crippen MR) is 81.9 cm³/mol. The van der Waals surface area contributed by atoms with Crippen LogP contribution in [0.2, 0.25) is 0 Å². The number of anilines is 1. The van der Waals surface area contributed by atoms with Gasteiger partial charge in [0.1, 0.15) is 0 Å². The lowest BCUT2D eigenvalue weighted by Gasteiger charge is -2.23. The van der Waals surface area contributed by atoms with Gasteiger partial charge in [-0.2, -0.15) is 0 Å². The number of hydrogen-bond acceptors (Lipinski definition) is 4. The van der Waals surface area contributed by atoms with E-state index in [9.17, 15) is 13.2 Å². The molecule has 1 amide bonds. The van der Waals surface area contributed by atoms with E-state index in [1.54, 1.807) is 26.2 Å². The second kappa shape index (κ2) is 6.03. The first kappa shape index (κ1) is 15.8. The van der Waals surface area contributed by atoms with Crippen molar-refractivity contribution < 1.29 is 13.2 Å². The number of hydrogen-bond donors (Lipinski definition) is 2. The summed E-state index contributed by atoms with van der Waals surface area (Å²) in [6.07, 6.45) is 1.62. The zero-order valence-electron chi connectivity index (χ0n) is 12.6. The minimum Gasteiger partial charge on any atom is -0.385 e. The van der Waals surface area contributed by atoms with Gasteiger partial charge in [-0.3, -0.25) is 4.79 Å². The fraction of sp³-hybridized carbons (Fsp3) is 0.500. The van der Waals surface area contributed by atoms with Crippen molar-refractivity contribution in [1.29, 1.82) is 0 Å². The number of nitrogens with zero attached hydrogens (tertiary/aromatic N) is 1. The van der Waals surface area contributed by atoms with Gasteiger partial charge >= 0.3 is 0 Å². The third-order valence-corrected chi connectivity index (χ3v) is 5.07. The molecule has 1 aromatic rings. The van der Waals surface area contributed by atoms with Gasteiger partial charge in [-0.15, -0.1) is 0 Å². The first-order chi connectivity index (χ1) is 9.83. The van der Waals surface area contributed by atoms with Gasteiger partial charge in [0.2, 0.25) is 15.9 Å². The van der Waals surface area contributed by atoms with Gasteiger partial charge < -0.3 is 10.2 Å². The molecule has 0 fully saturated rings. The number of rotatable bonds is 4. The third kappa shape index (κ3) is 3.36. The monoisotopic (exact) mass is 311 g/mol. The van der Waals surface area contributed by atoms with Crippen molar-refractivity contribution in [1.82, 2.24) is 9.62 Å². The Morgan fingerprint density at radius 2 is 2.10 bits per heavy atom. The highest BCUT2D eigenvalue weighted by Gasteiger charge is 2.24. The molecule has 21 heavy (non-hydrogen) atoms. The van der Waals surface area contributed by atoms with Crippen molar-refractivity contribution in [3.63, 3.8) is 0 Å². The molecule has 1 aromatic carbocycles. The van der Waals surface area contributed by atoms with Gasteiger partial charge in [-0.1, -0.05) is 6.07 Å². The summed E-state index contributed by atoms with van der Waals surface area (Å²) in [4.78, 5) is 13.2. The normalized spacial score (nSPS) is 14.2. The number of sulfonamides is 1. The van der Waals surface area contributed by atoms with E-state index in [0.717, 1.165) is 36.2 Å². The van der Waals surface area contributed by atoms with E-state index < -0.39 is 10.0 Å². The topological polar surface area (TPSA) is 78.5 Å². The Balaban J connectivity index is 2.31. The fourth-order valence-electron chi connectivity index (χ4n) is 2.36. The Kier molecular flexibility index (Phi) is 4.53. The Bertz CT molecular complexity index is 654. The second-order valence-electron chi connectivity index (χ2n) is 5.38. The first-order valence-corrected chi connectivity index (χ1v) is 8.37. The molecule has 7 heteroatoms. The molecule has 2 N–H and O–H groups in total. The average Bonchev–Trinajstić information content (AvgIpc) is 2.45. The van der Waals surface area contributed by atoms with Gasteiger partial charge in [-0.25, -0.2) is 13.1 Å². The van der Waals surface area contributed by atoms with E-state index in [0.29, 0.717) is 0 Å². The van der Waals surface area contributed by atoms with Gasteiger partial charge in [-0.05, 0) is 37.0 Å². The fourth-order valence-corrected chi connectivity index (χ4v) is 3.61. The molecule has 0 bridgehead atoms. The Morgan fingerprint density at radius 3 is 2.76 bits per heavy atom. The Hall–Kier alpha value is -1.60. The standard InChI is InChI=1S/C14H21N3O3S/c1-10-6-7-12(11-5-4-8-15-14(10)11)21(19,20)16-9-13(18)17(2)3/h6-7,15-16H,4-5,8-9H2,1-3H3. The van der Waals surface area contributed by atoms with Crippen LogP contribution in [0, 0.1) is 6.92 Å². The summed E-state index contributed by atoms with van der Waals surface area (Å²) < 4.78 is 27.2. The number of amides is 1. The minimum absolute atomic E-state index is 0.231. The Morgan fingerprint density at radius 1 is 1.38 bits per heavy atom. The molecule has 0 unspecified atom stereocenters. The number of likely N-dealkylation sites (N-methyl/N-ethyl adjacent to an activating group) is 1. The maximum Gasteiger partial charge on any atom is 0.241 e. The number of aryl methyl sites for hydroxylation is 1. The second-order valence-corrected chi connectivity index (χ2v) is 7.11. The van der Waals surface area contributed by atoms with E-state index in [1.165, 1.54) is 4.90 Å². The number of carbonyl (C=O) groups is 1. The molecule has 2 rings (SSSR count). The molecule has 0 aromatic heterocycles. The van der Waals surface area contributed by atoms with Crippen molar-refractivity contribution in [2.75, 3.05) is 32.5 Å². The quantitative estimate of drug-likeness (QED) is 0.859. The molecule has 0 saturated carbocycles. The maximum atomic E-state index is 12.4. The molecular weight excluding hydrogens is 290 g/mol. The van der Waals surface area contributed by atoms with Crippen LogP contribution in [0.15, 0.2) is 17.0 Å². The van der Waals surface area contributed by atoms with Crippen molar-refractivity contribution >= 4 is 21.6 Å². The summed E-state index contributed by atoms with van der Waals surface area (Å²) in [5.74, 6) is -0.280. The number of benzene rings is 1. The molecule has 0 aliphatic carbocycles. The summed E-state index contributed by atoms with van der Waals surface area (Å²) in [5.41, 5.74) is 2.75. The van der Waals surface area contributed by atoms with Crippen LogP contribution in [0.3, 0.4) is 0 Å². The highest BCUT2D eigenvalue weighted by molar-refractivity contribution is 7.89. The molecule has 116 valence electrons. The molecule has 0 saturated heterocycles. The van der Waals surface area contributed by atoms with Crippen LogP contribution in [0.4, 0.5) is 5.69 Å². The predicted octanol–water partition coefficient (Wildman–Crippen LogP) is 0.720. The molecule has 1 heterocycles. The molecule has 0 radical (unpaired) electrons. The first-order valence-electron chi connectivity index (χ1n) is 6.89. The van der Waals surface area contributed by atoms with Crippen molar-refractivity contribution in [2.24, 2.45) is 0 Å². The lowest BCUT2D eigenvalue weighted by molar-refractivity contribution is -0.127. The van der Waals surface area contributed by atoms with Crippen LogP contribution in [-0.2, 0) is 21.2 Å². The summed E-state index contributed by atoms with van der Waals surface area (Å²) in [7, 11) is -0.501. The van der Waals surface area contributed by atoms with Crippen molar-refractivity contribution in [3.8, 4) is 0 Å². The van der Waals surface area contributed by atoms with E-state index in [1.807, 2.05) is 6.92 Å². The zero-order chi connectivity index (χ0) is 15.6. The van der Waals surface area contributed by atoms with Crippen LogP contribution in [0.25, 0.3) is 0 Å². The highest BCUT2D eigenvalue weighted by atomic mass is 32.2. The van der Waals surface area contributed by atoms with Gasteiger partial charge in [0.25, 0.3) is 0 Å². The van der Waals surface area contributed by atoms with Crippen LogP contribution in [0.1, 0.15) is 17.5 Å². The van der Waals surface area contributed by atoms with E-state index >= 15 is 0 Å². The number of nitrogens with one attached hydrogen (secondary N) is 2. The van der Waals surface area contributed by atoms with Crippen LogP contribution in [0.5, 0.6) is 0 Å². The van der Waals surface area contributed by atoms with Gasteiger partial charge in [0, 0.05) is 26.3 Å². The van der Waals surface area contributed by atoms with Gasteiger partial charge in [0.15, 0.2) is 0 Å². The SMILES string of the molecule is Cc1ccc(S(=O)(=O)NCC(=O)N(C)C)c2c1NCCC2. The average molecular weight is 311 g/mol. The third-order valence-electron chi connectivity index (χ3n) is 3.59. The molecule has 1 aliphatic rings. The van der Waals surface area contributed by atoms with E-state index in [4.69, 9.17) is 0 Å². The summed E-state index contributed by atoms with van der Waals surface area (Å²) in [6.45, 7) is 2.58. The van der Waals surface area contributed by atoms with E-state index in [2.05, 4.69) is 10.0 Å². The summed E-state index contributed by atoms with van der Waals surface area (Å²) in [5, 5.41) is 3.26. The molecule has 1 aliphatic heterocycles. The maximum absolute atomic E-state index is 12.4. The van der Waals surface area contributed by atoms with E-state index in [-0.39, 0.29) is 17.3 Å². The zero-order valence-corrected chi connectivity index (χ0v) is 13.4. The van der Waals surface area contributed by atoms with Crippen LogP contribution >= 0.6 is 0 Å². The highest BCUT2D eigenvalue weighted by Crippen LogP contribution is 2.31. The summed E-state index contributed by atoms with van der Waals surface area (Å²) >= 11 is 0. The largest absolute Gasteiger partial charge is 0.385 e. The minimum atomic E-state index is -3.68. The number of fused-ring (bicyclic) bond motifs is 1.